The van der Waals surface area contributed by atoms with Gasteiger partial charge in [-0.05, 0) is 301 Å². The van der Waals surface area contributed by atoms with E-state index in [4.69, 9.17) is 0 Å². The Hall–Kier alpha value is -14.0. The summed E-state index contributed by atoms with van der Waals surface area (Å²) in [5.74, 6) is 0. The normalized spacial score (nSPS) is 14.4. The second-order valence-electron chi connectivity index (χ2n) is 46.6. The maximum Gasteiger partial charge on any atom is 0.252 e. The summed E-state index contributed by atoms with van der Waals surface area (Å²) >= 11 is 0. The zero-order valence-corrected chi connectivity index (χ0v) is 85.2. The van der Waals surface area contributed by atoms with Gasteiger partial charge in [-0.1, -0.05) is 400 Å². The molecule has 0 radical (unpaired) electrons. The van der Waals surface area contributed by atoms with Crippen LogP contribution in [0.2, 0.25) is 0 Å². The lowest BCUT2D eigenvalue weighted by Gasteiger charge is -2.46. The van der Waals surface area contributed by atoms with Crippen molar-refractivity contribution in [3.8, 4) is 100 Å². The van der Waals surface area contributed by atoms with Crippen molar-refractivity contribution in [1.29, 1.82) is 0 Å². The minimum absolute atomic E-state index is 0.350. The fourth-order valence-corrected chi connectivity index (χ4v) is 21.6. The number of benzene rings is 17. The monoisotopic (exact) mass is 1830 g/mol. The molecule has 0 amide bonds. The van der Waals surface area contributed by atoms with E-state index in [-0.39, 0.29) is 5.41 Å². The third-order valence-corrected chi connectivity index (χ3v) is 27.5. The molecule has 0 atom stereocenters. The van der Waals surface area contributed by atoms with Gasteiger partial charge in [0.25, 0.3) is 6.71 Å². The Morgan fingerprint density at radius 2 is 0.486 bits per heavy atom. The van der Waals surface area contributed by atoms with Crippen LogP contribution in [0, 0.1) is 27.1 Å². The van der Waals surface area contributed by atoms with Crippen LogP contribution < -0.4 is 26.2 Å². The van der Waals surface area contributed by atoms with E-state index in [1.807, 2.05) is 132 Å². The predicted octanol–water partition coefficient (Wildman–Crippen LogP) is 35.8. The first-order chi connectivity index (χ1) is 69.8. The number of hydrogen-bond acceptors (Lipinski definition) is 2. The molecule has 0 bridgehead atoms. The van der Waals surface area contributed by atoms with Gasteiger partial charge >= 0.3 is 0 Å². The lowest BCUT2D eigenvalue weighted by molar-refractivity contribution is 0.411. The molecule has 0 N–H and O–H groups in total. The standard InChI is InChI=1S/C135H133BN4/c1-129(2,3)82-87-38-34-50-100(66-87)108-76-104(134(16,17)18)77-109(101-51-35-39-88(67-101)83-130(4,5)6)127(108)139-122-80-106(137-118-62-54-96(92-42-26-22-27-43-92)72-112(118)113-73-97(55-63-119(113)137)93-44-28-23-29-45-93)58-60-116(122)136-117-61-59-107(138-120-64-56-98(94-46-30-24-31-47-94)74-114(120)115-75-99(57-65-121(115)138)95-48-32-25-33-49-95)81-123(117)140(125-71-91(86-133(13,14)15)70-124(139)126(125)136)128-110(102-52-36-40-89(68-102)84-131(7,8)9)78-105(135(19,20)21)79-111(128)103-53-37-41-90(69-103)85-132(10,11)12/h22-81H,82-86H2,1-21H3/i82D2,83D2,84D2,85D2. The van der Waals surface area contributed by atoms with Crippen molar-refractivity contribution in [3.63, 3.8) is 0 Å². The highest BCUT2D eigenvalue weighted by molar-refractivity contribution is 7.00. The Kier molecular flexibility index (Phi) is 20.8. The van der Waals surface area contributed by atoms with E-state index in [0.717, 1.165) is 211 Å². The Morgan fingerprint density at radius 3 is 0.736 bits per heavy atom. The summed E-state index contributed by atoms with van der Waals surface area (Å²) in [7, 11) is 0. The second kappa shape index (κ2) is 35.1. The van der Waals surface area contributed by atoms with Gasteiger partial charge in [0, 0.05) is 88.9 Å². The topological polar surface area (TPSA) is 16.3 Å². The molecule has 21 rings (SSSR count). The molecule has 0 saturated heterocycles. The second-order valence-corrected chi connectivity index (χ2v) is 46.6. The molecular weight excluding hydrogens is 1690 g/mol. The number of aromatic nitrogens is 2. The SMILES string of the molecule is [2H]C([2H])(c1cccc(-c2cc(C(C)(C)C)cc(-c3cccc(C([2H])([2H])C(C)(C)C)c3)c2N2c3cc(-n4c5ccc(-c6ccccc6)cc5c5cc(-c6ccccc6)ccc54)ccc3B3c4ccc(-n5c6ccc(-c7ccccc7)cc6c6cc(-c7ccccc7)ccc65)cc4N(c4c(-c5cccc(C([2H])([2H])C(C)(C)C)c5)cc(C(C)(C)C)cc4-c4cccc(C([2H])([2H])C(C)(C)C)c4)c4cc(CC(C)(C)C)cc2c43)c1)C(C)(C)C. The molecule has 0 unspecified atom stereocenters. The van der Waals surface area contributed by atoms with E-state index >= 15 is 0 Å². The average molecular weight is 1830 g/mol. The third-order valence-electron chi connectivity index (χ3n) is 27.5. The van der Waals surface area contributed by atoms with Crippen LogP contribution in [0.3, 0.4) is 0 Å². The van der Waals surface area contributed by atoms with Crippen LogP contribution in [0.25, 0.3) is 144 Å². The van der Waals surface area contributed by atoms with E-state index in [1.54, 1.807) is 0 Å². The maximum atomic E-state index is 10.3. The molecule has 140 heavy (non-hydrogen) atoms. The Bertz CT molecular complexity index is 7610. The van der Waals surface area contributed by atoms with Crippen molar-refractivity contribution in [2.75, 3.05) is 9.80 Å². The van der Waals surface area contributed by atoms with Crippen molar-refractivity contribution >= 4 is 101 Å². The Morgan fingerprint density at radius 1 is 0.221 bits per heavy atom. The summed E-state index contributed by atoms with van der Waals surface area (Å²) in [6, 6.07) is 132. The van der Waals surface area contributed by atoms with Crippen LogP contribution in [0.15, 0.2) is 364 Å². The molecule has 17 aromatic carbocycles. The lowest BCUT2D eigenvalue weighted by Crippen LogP contribution is -2.61. The van der Waals surface area contributed by atoms with Gasteiger partial charge in [-0.3, -0.25) is 0 Å². The Labute approximate surface area is 843 Å². The molecule has 0 fully saturated rings. The van der Waals surface area contributed by atoms with Gasteiger partial charge in [0.15, 0.2) is 0 Å². The van der Waals surface area contributed by atoms with Gasteiger partial charge in [0.1, 0.15) is 0 Å². The highest BCUT2D eigenvalue weighted by atomic mass is 15.2. The van der Waals surface area contributed by atoms with E-state index in [1.165, 1.54) is 0 Å². The summed E-state index contributed by atoms with van der Waals surface area (Å²) in [6.07, 6.45) is -6.72. The van der Waals surface area contributed by atoms with Crippen LogP contribution >= 0.6 is 0 Å². The van der Waals surface area contributed by atoms with Crippen LogP contribution in [-0.2, 0) is 42.7 Å². The van der Waals surface area contributed by atoms with Gasteiger partial charge < -0.3 is 18.9 Å². The van der Waals surface area contributed by atoms with Crippen LogP contribution in [0.1, 0.15) is 195 Å². The molecule has 4 nitrogen and oxygen atoms in total. The van der Waals surface area contributed by atoms with Crippen molar-refractivity contribution < 1.29 is 11.0 Å². The van der Waals surface area contributed by atoms with Crippen molar-refractivity contribution in [3.05, 3.63) is 403 Å². The molecular formula is C135H133BN4. The molecule has 0 saturated carbocycles. The van der Waals surface area contributed by atoms with Gasteiger partial charge in [-0.15, -0.1) is 0 Å². The zero-order chi connectivity index (χ0) is 105. The number of fused-ring (bicyclic) bond motifs is 10. The molecule has 2 aromatic heterocycles. The van der Waals surface area contributed by atoms with Gasteiger partial charge in [-0.2, -0.15) is 0 Å². The first-order valence-electron chi connectivity index (χ1n) is 54.1. The molecule has 5 heteroatoms. The Balaban J connectivity index is 0.972. The van der Waals surface area contributed by atoms with E-state index in [0.29, 0.717) is 28.7 Å². The zero-order valence-electron chi connectivity index (χ0n) is 93.2. The smallest absolute Gasteiger partial charge is 0.252 e. The van der Waals surface area contributed by atoms with E-state index in [9.17, 15) is 11.0 Å². The summed E-state index contributed by atoms with van der Waals surface area (Å²) in [5, 5.41) is 4.39. The largest absolute Gasteiger partial charge is 0.310 e. The molecule has 19 aromatic rings. The molecule has 4 heterocycles. The van der Waals surface area contributed by atoms with Gasteiger partial charge in [-0.25, -0.2) is 0 Å². The minimum atomic E-state index is -1.83. The molecule has 696 valence electrons. The average Bonchev–Trinajstić information content (AvgIpc) is 0.769. The fourth-order valence-electron chi connectivity index (χ4n) is 21.6. The molecule has 0 spiro atoms. The predicted molar refractivity (Wildman–Crippen MR) is 606 cm³/mol. The van der Waals surface area contributed by atoms with Gasteiger partial charge in [0.2, 0.25) is 0 Å². The number of anilines is 6. The van der Waals surface area contributed by atoms with E-state index < -0.39 is 64.7 Å². The van der Waals surface area contributed by atoms with Crippen LogP contribution in [0.5, 0.6) is 0 Å². The molecule has 2 aliphatic heterocycles. The third kappa shape index (κ3) is 18.2. The van der Waals surface area contributed by atoms with Crippen LogP contribution in [-0.4, -0.2) is 15.8 Å². The fraction of sp³-hybridized carbons (Fsp3) is 0.244. The quantitative estimate of drug-likeness (QED) is 0.0845. The molecule has 2 aliphatic rings. The highest BCUT2D eigenvalue weighted by Crippen LogP contribution is 2.57. The van der Waals surface area contributed by atoms with Crippen molar-refractivity contribution in [2.45, 2.75) is 188 Å². The summed E-state index contributed by atoms with van der Waals surface area (Å²) < 4.78 is 87.3. The highest BCUT2D eigenvalue weighted by Gasteiger charge is 2.47. The molecule has 0 aliphatic carbocycles. The van der Waals surface area contributed by atoms with Crippen LogP contribution in [0.4, 0.5) is 34.1 Å². The summed E-state index contributed by atoms with van der Waals surface area (Å²) in [6.45, 7) is 43.8. The number of rotatable bonds is 17. The first-order valence-corrected chi connectivity index (χ1v) is 50.1. The number of nitrogens with zero attached hydrogens (tertiary/aromatic N) is 4. The van der Waals surface area contributed by atoms with Gasteiger partial charge in [0.05, 0.1) is 33.4 Å². The number of hydrogen-bond donors (Lipinski definition) is 0. The van der Waals surface area contributed by atoms with E-state index in [2.05, 4.69) is 397 Å². The minimum Gasteiger partial charge on any atom is -0.310 e. The van der Waals surface area contributed by atoms with Crippen molar-refractivity contribution in [1.82, 2.24) is 9.13 Å². The maximum absolute atomic E-state index is 10.3. The first kappa shape index (κ1) is 83.0. The summed E-state index contributed by atoms with van der Waals surface area (Å²) in [4.78, 5) is 5.18. The summed E-state index contributed by atoms with van der Waals surface area (Å²) in [5.41, 5.74) is 30.3. The van der Waals surface area contributed by atoms with Crippen molar-refractivity contribution in [2.24, 2.45) is 27.1 Å². The lowest BCUT2D eigenvalue weighted by atomic mass is 9.33.